The van der Waals surface area contributed by atoms with Crippen LogP contribution in [0.4, 0.5) is 0 Å². The van der Waals surface area contributed by atoms with Crippen molar-refractivity contribution in [2.24, 2.45) is 0 Å². The fourth-order valence-electron chi connectivity index (χ4n) is 3.75. The maximum Gasteiger partial charge on any atom is 0.229 e. The smallest absolute Gasteiger partial charge is 0.229 e. The third-order valence-corrected chi connectivity index (χ3v) is 5.58. The molecule has 11 nitrogen and oxygen atoms in total. The Morgan fingerprint density at radius 3 is 2.29 bits per heavy atom. The summed E-state index contributed by atoms with van der Waals surface area (Å²) >= 11 is 0. The number of phenols is 1. The fraction of sp³-hybridized carbons (Fsp3) is 0.348. The first-order valence-electron chi connectivity index (χ1n) is 10.3. The number of hydrogen-bond acceptors (Lipinski definition) is 11. The minimum Gasteiger partial charge on any atom is -0.504 e. The third kappa shape index (κ3) is 4.15. The Bertz CT molecular complexity index is 1220. The van der Waals surface area contributed by atoms with Crippen molar-refractivity contribution < 1.29 is 48.9 Å². The van der Waals surface area contributed by atoms with Crippen molar-refractivity contribution >= 4 is 11.0 Å². The molecule has 2 aromatic carbocycles. The topological polar surface area (TPSA) is 168 Å². The van der Waals surface area contributed by atoms with Crippen LogP contribution in [-0.4, -0.2) is 77.1 Å². The molecule has 0 saturated carbocycles. The average molecular weight is 476 g/mol. The number of phenolic OH excluding ortho intramolecular Hbond substituents is 1. The second kappa shape index (κ2) is 9.49. The van der Waals surface area contributed by atoms with Gasteiger partial charge in [-0.3, -0.25) is 4.79 Å². The van der Waals surface area contributed by atoms with Crippen LogP contribution in [0.2, 0.25) is 0 Å². The van der Waals surface area contributed by atoms with Crippen molar-refractivity contribution in [3.8, 4) is 34.3 Å². The van der Waals surface area contributed by atoms with E-state index in [0.29, 0.717) is 5.56 Å². The lowest BCUT2D eigenvalue weighted by molar-refractivity contribution is -0.277. The van der Waals surface area contributed by atoms with Gasteiger partial charge in [-0.2, -0.15) is 0 Å². The minimum atomic E-state index is -1.56. The third-order valence-electron chi connectivity index (χ3n) is 5.58. The van der Waals surface area contributed by atoms with Crippen LogP contribution in [0.3, 0.4) is 0 Å². The number of aliphatic hydroxyl groups is 4. The first-order valence-corrected chi connectivity index (χ1v) is 10.3. The predicted octanol–water partition coefficient (Wildman–Crippen LogP) is 0.361. The Morgan fingerprint density at radius 1 is 0.971 bits per heavy atom. The summed E-state index contributed by atoms with van der Waals surface area (Å²) in [6, 6.07) is 8.88. The maximum absolute atomic E-state index is 12.7. The molecule has 1 aromatic heterocycles. The highest BCUT2D eigenvalue weighted by atomic mass is 16.7. The van der Waals surface area contributed by atoms with Crippen molar-refractivity contribution in [3.05, 3.63) is 46.6 Å². The van der Waals surface area contributed by atoms with E-state index in [1.54, 1.807) is 12.1 Å². The summed E-state index contributed by atoms with van der Waals surface area (Å²) in [5.74, 6) is 0.282. The first-order chi connectivity index (χ1) is 16.3. The van der Waals surface area contributed by atoms with E-state index in [0.717, 1.165) is 0 Å². The molecule has 11 heteroatoms. The number of ether oxygens (including phenoxy) is 4. The van der Waals surface area contributed by atoms with E-state index in [2.05, 4.69) is 0 Å². The minimum absolute atomic E-state index is 0.0183. The molecule has 1 unspecified atom stereocenters. The monoisotopic (exact) mass is 476 g/mol. The highest BCUT2D eigenvalue weighted by Crippen LogP contribution is 2.42. The lowest BCUT2D eigenvalue weighted by Crippen LogP contribution is -2.60. The van der Waals surface area contributed by atoms with Crippen molar-refractivity contribution in [2.45, 2.75) is 30.7 Å². The number of rotatable bonds is 6. The highest BCUT2D eigenvalue weighted by Gasteiger charge is 2.44. The van der Waals surface area contributed by atoms with Crippen LogP contribution in [-0.2, 0) is 4.74 Å². The van der Waals surface area contributed by atoms with Gasteiger partial charge >= 0.3 is 0 Å². The summed E-state index contributed by atoms with van der Waals surface area (Å²) in [5, 5.41) is 49.5. The predicted molar refractivity (Wildman–Crippen MR) is 117 cm³/mol. The number of fused-ring (bicyclic) bond motifs is 1. The first kappa shape index (κ1) is 23.8. The highest BCUT2D eigenvalue weighted by molar-refractivity contribution is 5.89. The van der Waals surface area contributed by atoms with Gasteiger partial charge in [0.1, 0.15) is 46.9 Å². The lowest BCUT2D eigenvalue weighted by atomic mass is 9.99. The second-order valence-electron chi connectivity index (χ2n) is 7.65. The molecule has 182 valence electrons. The average Bonchev–Trinajstić information content (AvgIpc) is 2.84. The molecular weight excluding hydrogens is 452 g/mol. The maximum atomic E-state index is 12.7. The van der Waals surface area contributed by atoms with Crippen molar-refractivity contribution in [1.82, 2.24) is 0 Å². The van der Waals surface area contributed by atoms with E-state index in [1.165, 1.54) is 38.5 Å². The Balaban J connectivity index is 1.62. The molecular formula is C23H24O11. The summed E-state index contributed by atoms with van der Waals surface area (Å²) < 4.78 is 27.0. The van der Waals surface area contributed by atoms with Crippen LogP contribution in [0.1, 0.15) is 0 Å². The molecule has 2 heterocycles. The Morgan fingerprint density at radius 2 is 1.68 bits per heavy atom. The van der Waals surface area contributed by atoms with Crippen LogP contribution < -0.4 is 19.6 Å². The summed E-state index contributed by atoms with van der Waals surface area (Å²) in [5.41, 5.74) is 0.116. The van der Waals surface area contributed by atoms with Crippen LogP contribution in [0.5, 0.6) is 23.0 Å². The largest absolute Gasteiger partial charge is 0.504 e. The zero-order valence-corrected chi connectivity index (χ0v) is 18.2. The van der Waals surface area contributed by atoms with E-state index in [-0.39, 0.29) is 39.7 Å². The SMILES string of the molecule is COc1cc2oc(-c3ccc(O[C@@H]4OC(CO)[C@@H](O)[C@H](O)[C@H]4O)cc3)cc(=O)c2c(O)c1OC. The van der Waals surface area contributed by atoms with Crippen molar-refractivity contribution in [2.75, 3.05) is 20.8 Å². The van der Waals surface area contributed by atoms with Crippen molar-refractivity contribution in [1.29, 1.82) is 0 Å². The van der Waals surface area contributed by atoms with Gasteiger partial charge in [0, 0.05) is 17.7 Å². The molecule has 0 bridgehead atoms. The van der Waals surface area contributed by atoms with Gasteiger partial charge in [-0.15, -0.1) is 0 Å². The summed E-state index contributed by atoms with van der Waals surface area (Å²) in [6.45, 7) is -0.572. The Hall–Kier alpha value is -3.35. The Kier molecular flexibility index (Phi) is 6.64. The molecule has 5 atom stereocenters. The zero-order chi connectivity index (χ0) is 24.6. The molecule has 1 saturated heterocycles. The molecule has 0 aliphatic carbocycles. The number of aromatic hydroxyl groups is 1. The van der Waals surface area contributed by atoms with Crippen LogP contribution in [0.15, 0.2) is 45.6 Å². The molecule has 0 spiro atoms. The molecule has 1 aliphatic heterocycles. The van der Waals surface area contributed by atoms with Gasteiger partial charge in [0.05, 0.1) is 20.8 Å². The van der Waals surface area contributed by atoms with Gasteiger partial charge < -0.3 is 48.9 Å². The van der Waals surface area contributed by atoms with E-state index >= 15 is 0 Å². The van der Waals surface area contributed by atoms with Crippen molar-refractivity contribution in [3.63, 3.8) is 0 Å². The van der Waals surface area contributed by atoms with E-state index in [9.17, 15) is 30.3 Å². The summed E-state index contributed by atoms with van der Waals surface area (Å²) in [6.07, 6.45) is -7.02. The van der Waals surface area contributed by atoms with E-state index in [4.69, 9.17) is 23.4 Å². The van der Waals surface area contributed by atoms with Gasteiger partial charge in [0.15, 0.2) is 16.9 Å². The van der Waals surface area contributed by atoms with Gasteiger partial charge in [0.25, 0.3) is 0 Å². The summed E-state index contributed by atoms with van der Waals surface area (Å²) in [4.78, 5) is 12.7. The van der Waals surface area contributed by atoms with E-state index < -0.39 is 42.7 Å². The van der Waals surface area contributed by atoms with Gasteiger partial charge in [-0.25, -0.2) is 0 Å². The van der Waals surface area contributed by atoms with Crippen LogP contribution >= 0.6 is 0 Å². The lowest BCUT2D eigenvalue weighted by Gasteiger charge is -2.39. The molecule has 1 aliphatic rings. The fourth-order valence-corrected chi connectivity index (χ4v) is 3.75. The summed E-state index contributed by atoms with van der Waals surface area (Å²) in [7, 11) is 2.73. The number of benzene rings is 2. The molecule has 0 amide bonds. The second-order valence-corrected chi connectivity index (χ2v) is 7.65. The Labute approximate surface area is 192 Å². The standard InChI is InChI=1S/C23H24O11/c1-30-15-8-14-17(19(27)22(15)31-2)12(25)7-13(33-14)10-3-5-11(6-4-10)32-23-21(29)20(28)18(26)16(9-24)34-23/h3-8,16,18,20-21,23-24,26-29H,9H2,1-2H3/t16?,18-,20+,21-,23-/m1/s1. The number of methoxy groups -OCH3 is 2. The van der Waals surface area contributed by atoms with Crippen LogP contribution in [0.25, 0.3) is 22.3 Å². The molecule has 4 rings (SSSR count). The van der Waals surface area contributed by atoms with E-state index in [1.807, 2.05) is 0 Å². The molecule has 0 radical (unpaired) electrons. The van der Waals surface area contributed by atoms with Crippen LogP contribution in [0, 0.1) is 0 Å². The molecule has 1 fully saturated rings. The molecule has 3 aromatic rings. The molecule has 34 heavy (non-hydrogen) atoms. The zero-order valence-electron chi connectivity index (χ0n) is 18.2. The number of aliphatic hydroxyl groups excluding tert-OH is 4. The van der Waals surface area contributed by atoms with Gasteiger partial charge in [0.2, 0.25) is 12.0 Å². The van der Waals surface area contributed by atoms with Gasteiger partial charge in [-0.05, 0) is 24.3 Å². The molecule has 5 N–H and O–H groups in total. The van der Waals surface area contributed by atoms with Gasteiger partial charge in [-0.1, -0.05) is 0 Å². The normalized spacial score (nSPS) is 24.7. The quantitative estimate of drug-likeness (QED) is 0.333. The number of hydrogen-bond donors (Lipinski definition) is 5.